The molecule has 1 aliphatic rings. The third-order valence-electron chi connectivity index (χ3n) is 5.98. The third kappa shape index (κ3) is 5.66. The number of methoxy groups -OCH3 is 1. The Morgan fingerprint density at radius 2 is 2.06 bits per heavy atom. The zero-order chi connectivity index (χ0) is 25.7. The largest absolute Gasteiger partial charge is 0.495 e. The minimum absolute atomic E-state index is 0.00937. The summed E-state index contributed by atoms with van der Waals surface area (Å²) in [7, 11) is 1.60. The van der Waals surface area contributed by atoms with Crippen LogP contribution in [-0.2, 0) is 11.3 Å². The summed E-state index contributed by atoms with van der Waals surface area (Å²) in [5, 5.41) is 16.0. The number of H-pyrrole nitrogens is 1. The normalized spacial score (nSPS) is 15.4. The van der Waals surface area contributed by atoms with Crippen LogP contribution in [0.15, 0.2) is 55.1 Å². The van der Waals surface area contributed by atoms with E-state index >= 15 is 0 Å². The number of hydrogen-bond donors (Lipinski definition) is 1. The molecule has 12 heteroatoms. The predicted octanol–water partition coefficient (Wildman–Crippen LogP) is 3.84. The molecule has 190 valence electrons. The van der Waals surface area contributed by atoms with Crippen LogP contribution in [-0.4, -0.2) is 73.4 Å². The van der Waals surface area contributed by atoms with Gasteiger partial charge in [0.2, 0.25) is 5.91 Å². The van der Waals surface area contributed by atoms with E-state index in [1.807, 2.05) is 36.1 Å². The lowest BCUT2D eigenvalue weighted by Gasteiger charge is -2.41. The molecule has 0 spiro atoms. The van der Waals surface area contributed by atoms with Gasteiger partial charge in [0.15, 0.2) is 5.82 Å². The van der Waals surface area contributed by atoms with Crippen LogP contribution in [0, 0.1) is 6.92 Å². The summed E-state index contributed by atoms with van der Waals surface area (Å²) in [6.07, 6.45) is 6.89. The van der Waals surface area contributed by atoms with E-state index < -0.39 is 0 Å². The van der Waals surface area contributed by atoms with Crippen molar-refractivity contribution in [1.82, 2.24) is 34.7 Å². The van der Waals surface area contributed by atoms with E-state index in [0.29, 0.717) is 34.7 Å². The zero-order valence-electron chi connectivity index (χ0n) is 20.3. The van der Waals surface area contributed by atoms with Gasteiger partial charge in [0, 0.05) is 62.2 Å². The maximum Gasteiger partial charge on any atom is 0.244 e. The first-order valence-electron chi connectivity index (χ1n) is 11.4. The van der Waals surface area contributed by atoms with E-state index in [9.17, 15) is 4.79 Å². The van der Waals surface area contributed by atoms with Crippen molar-refractivity contribution in [3.8, 4) is 11.6 Å². The Morgan fingerprint density at radius 1 is 1.22 bits per heavy atom. The molecule has 10 nitrogen and oxygen atoms in total. The van der Waals surface area contributed by atoms with Crippen LogP contribution < -0.4 is 9.64 Å². The highest BCUT2D eigenvalue weighted by Gasteiger charge is 2.29. The molecule has 3 aromatic heterocycles. The number of carbonyl (C=O) groups is 1. The molecule has 0 unspecified atom stereocenters. The number of benzene rings is 1. The maximum absolute atomic E-state index is 13.1. The minimum atomic E-state index is 0.00937. The van der Waals surface area contributed by atoms with E-state index in [2.05, 4.69) is 32.2 Å². The molecular weight excluding hydrogens is 503 g/mol. The third-order valence-corrected chi connectivity index (χ3v) is 6.73. The van der Waals surface area contributed by atoms with Gasteiger partial charge in [-0.2, -0.15) is 15.3 Å². The van der Waals surface area contributed by atoms with Crippen molar-refractivity contribution in [2.75, 3.05) is 31.6 Å². The topological polar surface area (TPSA) is 97.1 Å². The lowest BCUT2D eigenvalue weighted by atomic mass is 10.1. The Labute approximate surface area is 219 Å². The summed E-state index contributed by atoms with van der Waals surface area (Å²) in [4.78, 5) is 17.2. The molecular formula is C24H28Cl2N8O2. The molecule has 0 saturated carbocycles. The average Bonchev–Trinajstić information content (AvgIpc) is 3.66. The van der Waals surface area contributed by atoms with Crippen LogP contribution in [0.3, 0.4) is 0 Å². The van der Waals surface area contributed by atoms with Gasteiger partial charge in [0.1, 0.15) is 17.3 Å². The van der Waals surface area contributed by atoms with Gasteiger partial charge in [-0.05, 0) is 38.1 Å². The molecule has 4 heterocycles. The fourth-order valence-corrected chi connectivity index (χ4v) is 4.46. The van der Waals surface area contributed by atoms with Gasteiger partial charge in [-0.1, -0.05) is 23.2 Å². The number of nitrogens with one attached hydrogen (secondary N) is 1. The first kappa shape index (κ1) is 25.6. The highest BCUT2D eigenvalue weighted by molar-refractivity contribution is 6.33. The Bertz CT molecular complexity index is 1260. The average molecular weight is 531 g/mol. The highest BCUT2D eigenvalue weighted by atomic mass is 35.5. The highest BCUT2D eigenvalue weighted by Crippen LogP contribution is 2.30. The van der Waals surface area contributed by atoms with Gasteiger partial charge in [-0.25, -0.2) is 4.68 Å². The standard InChI is InChI=1S/C21H24Cl2N6O2.C3H4N2/c1-14-12-26(16-5-6-17(22)18(11-16)31-3)9-10-27(14)19(30)13-29-15(2)20(23)21(25-29)28-8-4-7-24-28;1-2-4-5-3-1/h4-8,11,14H,9-10,12-13H2,1-3H3;1-3H,(H,4,5)/t14-;/m0./s1. The fourth-order valence-electron chi connectivity index (χ4n) is 4.04. The van der Waals surface area contributed by atoms with E-state index in [1.165, 1.54) is 0 Å². The van der Waals surface area contributed by atoms with Gasteiger partial charge < -0.3 is 14.5 Å². The molecule has 0 bridgehead atoms. The van der Waals surface area contributed by atoms with Gasteiger partial charge in [-0.3, -0.25) is 14.6 Å². The number of aromatic amines is 1. The molecule has 5 rings (SSSR count). The van der Waals surface area contributed by atoms with Crippen LogP contribution in [0.1, 0.15) is 12.6 Å². The van der Waals surface area contributed by atoms with Crippen LogP contribution in [0.5, 0.6) is 5.75 Å². The lowest BCUT2D eigenvalue weighted by molar-refractivity contribution is -0.134. The lowest BCUT2D eigenvalue weighted by Crippen LogP contribution is -2.54. The molecule has 0 radical (unpaired) electrons. The summed E-state index contributed by atoms with van der Waals surface area (Å²) < 4.78 is 8.57. The smallest absolute Gasteiger partial charge is 0.244 e. The molecule has 4 aromatic rings. The summed E-state index contributed by atoms with van der Waals surface area (Å²) in [6, 6.07) is 9.41. The van der Waals surface area contributed by atoms with Crippen LogP contribution in [0.2, 0.25) is 10.0 Å². The molecule has 1 saturated heterocycles. The number of amides is 1. The number of piperazine rings is 1. The van der Waals surface area contributed by atoms with E-state index in [4.69, 9.17) is 27.9 Å². The van der Waals surface area contributed by atoms with Gasteiger partial charge >= 0.3 is 0 Å². The van der Waals surface area contributed by atoms with Crippen molar-refractivity contribution >= 4 is 34.8 Å². The number of anilines is 1. The second-order valence-corrected chi connectivity index (χ2v) is 9.08. The molecule has 1 aliphatic heterocycles. The van der Waals surface area contributed by atoms with Crippen molar-refractivity contribution in [3.63, 3.8) is 0 Å². The Morgan fingerprint density at radius 3 is 2.67 bits per heavy atom. The van der Waals surface area contributed by atoms with Crippen molar-refractivity contribution in [2.45, 2.75) is 26.4 Å². The summed E-state index contributed by atoms with van der Waals surface area (Å²) >= 11 is 12.6. The number of ether oxygens (including phenoxy) is 1. The minimum Gasteiger partial charge on any atom is -0.495 e. The first-order valence-corrected chi connectivity index (χ1v) is 12.2. The quantitative estimate of drug-likeness (QED) is 0.421. The van der Waals surface area contributed by atoms with E-state index in [1.54, 1.807) is 47.3 Å². The number of rotatable bonds is 5. The van der Waals surface area contributed by atoms with Gasteiger partial charge in [0.05, 0.1) is 17.8 Å². The number of nitrogens with zero attached hydrogens (tertiary/aromatic N) is 7. The van der Waals surface area contributed by atoms with Crippen molar-refractivity contribution < 1.29 is 9.53 Å². The zero-order valence-corrected chi connectivity index (χ0v) is 21.8. The Balaban J connectivity index is 0.000000543. The van der Waals surface area contributed by atoms with E-state index in [-0.39, 0.29) is 18.5 Å². The predicted molar refractivity (Wildman–Crippen MR) is 139 cm³/mol. The molecule has 1 atom stereocenters. The van der Waals surface area contributed by atoms with Crippen LogP contribution in [0.4, 0.5) is 5.69 Å². The summed E-state index contributed by atoms with van der Waals surface area (Å²) in [5.74, 6) is 1.17. The second-order valence-electron chi connectivity index (χ2n) is 8.30. The molecule has 36 heavy (non-hydrogen) atoms. The monoisotopic (exact) mass is 530 g/mol. The maximum atomic E-state index is 13.1. The first-order chi connectivity index (χ1) is 17.4. The van der Waals surface area contributed by atoms with Crippen molar-refractivity contribution in [2.24, 2.45) is 0 Å². The van der Waals surface area contributed by atoms with Crippen LogP contribution >= 0.6 is 23.2 Å². The number of carbonyl (C=O) groups excluding carboxylic acids is 1. The number of aromatic nitrogens is 6. The molecule has 1 amide bonds. The van der Waals surface area contributed by atoms with Crippen molar-refractivity contribution in [1.29, 1.82) is 0 Å². The molecule has 0 aliphatic carbocycles. The Hall–Kier alpha value is -3.50. The van der Waals surface area contributed by atoms with Crippen LogP contribution in [0.25, 0.3) is 5.82 Å². The fraction of sp³-hybridized carbons (Fsp3) is 0.333. The summed E-state index contributed by atoms with van der Waals surface area (Å²) in [5.41, 5.74) is 1.76. The SMILES string of the molecule is COc1cc(N2CCN(C(=O)Cn3nc(-n4cccn4)c(Cl)c3C)[C@@H](C)C2)ccc1Cl.c1cn[nH]c1. The number of halogens is 2. The van der Waals surface area contributed by atoms with Gasteiger partial charge in [0.25, 0.3) is 0 Å². The van der Waals surface area contributed by atoms with E-state index in [0.717, 1.165) is 17.9 Å². The summed E-state index contributed by atoms with van der Waals surface area (Å²) in [6.45, 7) is 6.09. The van der Waals surface area contributed by atoms with Crippen molar-refractivity contribution in [3.05, 3.63) is 70.9 Å². The molecule has 1 N–H and O–H groups in total. The Kier molecular flexibility index (Phi) is 8.17. The second kappa shape index (κ2) is 11.5. The molecule has 1 aromatic carbocycles. The molecule has 1 fully saturated rings. The van der Waals surface area contributed by atoms with Gasteiger partial charge in [-0.15, -0.1) is 0 Å². The number of hydrogen-bond acceptors (Lipinski definition) is 6.